The molecule has 0 spiro atoms. The first kappa shape index (κ1) is 14.6. The van der Waals surface area contributed by atoms with Crippen molar-refractivity contribution < 1.29 is 4.92 Å². The van der Waals surface area contributed by atoms with E-state index in [2.05, 4.69) is 4.98 Å². The van der Waals surface area contributed by atoms with Gasteiger partial charge >= 0.3 is 0 Å². The van der Waals surface area contributed by atoms with E-state index in [4.69, 9.17) is 5.73 Å². The van der Waals surface area contributed by atoms with E-state index in [9.17, 15) is 10.1 Å². The first-order chi connectivity index (χ1) is 9.51. The smallest absolute Gasteiger partial charge is 0.272 e. The van der Waals surface area contributed by atoms with Gasteiger partial charge in [0.1, 0.15) is 0 Å². The van der Waals surface area contributed by atoms with Gasteiger partial charge in [-0.2, -0.15) is 0 Å². The summed E-state index contributed by atoms with van der Waals surface area (Å²) in [5.41, 5.74) is 8.49. The molecule has 2 N–H and O–H groups in total. The number of hydrogen-bond acceptors (Lipinski definition) is 5. The molecule has 20 heavy (non-hydrogen) atoms. The van der Waals surface area contributed by atoms with Gasteiger partial charge in [-0.15, -0.1) is 11.3 Å². The topological polar surface area (TPSA) is 82.0 Å². The summed E-state index contributed by atoms with van der Waals surface area (Å²) in [4.78, 5) is 16.1. The van der Waals surface area contributed by atoms with E-state index in [1.165, 1.54) is 4.88 Å². The molecule has 6 heteroatoms. The summed E-state index contributed by atoms with van der Waals surface area (Å²) in [6.07, 6.45) is 1.55. The van der Waals surface area contributed by atoms with Crippen LogP contribution in [0.2, 0.25) is 0 Å². The Balaban J connectivity index is 2.22. The molecular weight excluding hydrogens is 274 g/mol. The van der Waals surface area contributed by atoms with E-state index >= 15 is 0 Å². The molecule has 0 unspecified atom stereocenters. The lowest BCUT2D eigenvalue weighted by Gasteiger charge is -2.02. The van der Waals surface area contributed by atoms with Gasteiger partial charge in [0.05, 0.1) is 15.6 Å². The molecule has 0 fully saturated rings. The predicted octanol–water partition coefficient (Wildman–Crippen LogP) is 2.76. The van der Waals surface area contributed by atoms with E-state index in [-0.39, 0.29) is 10.6 Å². The van der Waals surface area contributed by atoms with Crippen LogP contribution in [-0.4, -0.2) is 16.5 Å². The van der Waals surface area contributed by atoms with E-state index in [1.807, 2.05) is 19.1 Å². The lowest BCUT2D eigenvalue weighted by molar-refractivity contribution is -0.385. The minimum Gasteiger partial charge on any atom is -0.330 e. The first-order valence-corrected chi connectivity index (χ1v) is 7.22. The van der Waals surface area contributed by atoms with Crippen molar-refractivity contribution in [1.82, 2.24) is 4.98 Å². The Morgan fingerprint density at radius 2 is 2.15 bits per heavy atom. The van der Waals surface area contributed by atoms with E-state index in [0.29, 0.717) is 12.1 Å². The third-order valence-electron chi connectivity index (χ3n) is 3.12. The molecule has 0 radical (unpaired) electrons. The number of benzene rings is 1. The molecule has 2 aromatic rings. The number of rotatable bonds is 5. The maximum Gasteiger partial charge on any atom is 0.272 e. The molecule has 0 aliphatic heterocycles. The second kappa shape index (κ2) is 6.11. The van der Waals surface area contributed by atoms with Crippen LogP contribution in [0.5, 0.6) is 0 Å². The molecular formula is C14H17N3O2S. The van der Waals surface area contributed by atoms with Gasteiger partial charge in [0.15, 0.2) is 0 Å². The van der Waals surface area contributed by atoms with Gasteiger partial charge in [0.25, 0.3) is 5.69 Å². The van der Waals surface area contributed by atoms with Crippen molar-refractivity contribution >= 4 is 17.0 Å². The zero-order valence-corrected chi connectivity index (χ0v) is 12.4. The number of nitro benzene ring substituents is 1. The second-order valence-electron chi connectivity index (χ2n) is 4.71. The van der Waals surface area contributed by atoms with Crippen LogP contribution in [0.4, 0.5) is 5.69 Å². The summed E-state index contributed by atoms with van der Waals surface area (Å²) in [5.74, 6) is 0. The fourth-order valence-electron chi connectivity index (χ4n) is 2.10. The average molecular weight is 291 g/mol. The fraction of sp³-hybridized carbons (Fsp3) is 0.357. The molecule has 0 saturated carbocycles. The summed E-state index contributed by atoms with van der Waals surface area (Å²) >= 11 is 1.67. The molecule has 106 valence electrons. The number of aryl methyl sites for hydroxylation is 2. The summed E-state index contributed by atoms with van der Waals surface area (Å²) in [5, 5.41) is 11.9. The van der Waals surface area contributed by atoms with Crippen molar-refractivity contribution in [3.8, 4) is 0 Å². The molecule has 1 heterocycles. The lowest BCUT2D eigenvalue weighted by Crippen LogP contribution is -2.01. The van der Waals surface area contributed by atoms with E-state index in [1.54, 1.807) is 24.3 Å². The quantitative estimate of drug-likeness (QED) is 0.678. The monoisotopic (exact) mass is 291 g/mol. The highest BCUT2D eigenvalue weighted by atomic mass is 32.1. The average Bonchev–Trinajstić information content (AvgIpc) is 2.70. The zero-order valence-electron chi connectivity index (χ0n) is 11.5. The Morgan fingerprint density at radius 3 is 2.75 bits per heavy atom. The molecule has 5 nitrogen and oxygen atoms in total. The van der Waals surface area contributed by atoms with E-state index in [0.717, 1.165) is 29.1 Å². The Hall–Kier alpha value is -1.79. The van der Waals surface area contributed by atoms with Gasteiger partial charge in [0, 0.05) is 29.3 Å². The maximum absolute atomic E-state index is 10.8. The molecule has 1 aromatic carbocycles. The molecule has 2 rings (SSSR count). The summed E-state index contributed by atoms with van der Waals surface area (Å²) in [7, 11) is 0. The molecule has 0 saturated heterocycles. The number of nitrogens with zero attached hydrogens (tertiary/aromatic N) is 2. The van der Waals surface area contributed by atoms with Crippen LogP contribution < -0.4 is 5.73 Å². The van der Waals surface area contributed by atoms with E-state index < -0.39 is 0 Å². The third kappa shape index (κ3) is 3.20. The molecule has 0 aliphatic rings. The SMILES string of the molecule is Cc1cc(Cc2sc(CCN)nc2C)ccc1[N+](=O)[O-]. The standard InChI is InChI=1S/C14H17N3O2S/c1-9-7-11(3-4-12(9)17(18)19)8-13-10(2)16-14(20-13)5-6-15/h3-4,7H,5-6,8,15H2,1-2H3. The number of nitro groups is 1. The summed E-state index contributed by atoms with van der Waals surface area (Å²) in [6.45, 7) is 4.36. The molecule has 0 atom stereocenters. The van der Waals surface area contributed by atoms with Crippen molar-refractivity contribution in [2.45, 2.75) is 26.7 Å². The first-order valence-electron chi connectivity index (χ1n) is 6.40. The highest BCUT2D eigenvalue weighted by Crippen LogP contribution is 2.25. The maximum atomic E-state index is 10.8. The Labute approximate surface area is 121 Å². The minimum absolute atomic E-state index is 0.165. The van der Waals surface area contributed by atoms with Gasteiger partial charge in [-0.3, -0.25) is 10.1 Å². The summed E-state index contributed by atoms with van der Waals surface area (Å²) in [6, 6.07) is 5.26. The van der Waals surface area contributed by atoms with Crippen molar-refractivity contribution in [2.75, 3.05) is 6.54 Å². The Morgan fingerprint density at radius 1 is 1.40 bits per heavy atom. The van der Waals surface area contributed by atoms with Crippen LogP contribution in [0.15, 0.2) is 18.2 Å². The van der Waals surface area contributed by atoms with Crippen molar-refractivity contribution in [1.29, 1.82) is 0 Å². The van der Waals surface area contributed by atoms with Crippen LogP contribution in [0, 0.1) is 24.0 Å². The van der Waals surface area contributed by atoms with Gasteiger partial charge in [0.2, 0.25) is 0 Å². The highest BCUT2D eigenvalue weighted by Gasteiger charge is 2.12. The van der Waals surface area contributed by atoms with Crippen LogP contribution in [0.1, 0.15) is 26.7 Å². The number of hydrogen-bond donors (Lipinski definition) is 1. The van der Waals surface area contributed by atoms with Crippen LogP contribution in [0.3, 0.4) is 0 Å². The van der Waals surface area contributed by atoms with Gasteiger partial charge in [-0.25, -0.2) is 4.98 Å². The number of thiazole rings is 1. The fourth-order valence-corrected chi connectivity index (χ4v) is 3.22. The molecule has 0 bridgehead atoms. The van der Waals surface area contributed by atoms with Crippen LogP contribution in [-0.2, 0) is 12.8 Å². The predicted molar refractivity (Wildman–Crippen MR) is 80.2 cm³/mol. The van der Waals surface area contributed by atoms with Gasteiger partial charge in [-0.1, -0.05) is 6.07 Å². The number of nitrogens with two attached hydrogens (primary N) is 1. The highest BCUT2D eigenvalue weighted by molar-refractivity contribution is 7.11. The summed E-state index contributed by atoms with van der Waals surface area (Å²) < 4.78 is 0. The zero-order chi connectivity index (χ0) is 14.7. The van der Waals surface area contributed by atoms with Crippen molar-refractivity contribution in [3.05, 3.63) is 55.0 Å². The molecule has 0 amide bonds. The van der Waals surface area contributed by atoms with Crippen molar-refractivity contribution in [2.24, 2.45) is 5.73 Å². The molecule has 0 aliphatic carbocycles. The Bertz CT molecular complexity index is 637. The van der Waals surface area contributed by atoms with Crippen molar-refractivity contribution in [3.63, 3.8) is 0 Å². The normalized spacial score (nSPS) is 10.8. The minimum atomic E-state index is -0.351. The van der Waals surface area contributed by atoms with Gasteiger partial charge in [-0.05, 0) is 32.0 Å². The third-order valence-corrected chi connectivity index (χ3v) is 4.33. The molecule has 1 aromatic heterocycles. The lowest BCUT2D eigenvalue weighted by atomic mass is 10.1. The van der Waals surface area contributed by atoms with Crippen LogP contribution >= 0.6 is 11.3 Å². The van der Waals surface area contributed by atoms with Crippen LogP contribution in [0.25, 0.3) is 0 Å². The Kier molecular flexibility index (Phi) is 4.46. The second-order valence-corrected chi connectivity index (χ2v) is 5.88. The van der Waals surface area contributed by atoms with Gasteiger partial charge < -0.3 is 5.73 Å². The largest absolute Gasteiger partial charge is 0.330 e. The number of aromatic nitrogens is 1.